The summed E-state index contributed by atoms with van der Waals surface area (Å²) in [6, 6.07) is 3.02. The second kappa shape index (κ2) is 5.87. The molecule has 9 heteroatoms. The molecule has 1 aromatic heterocycles. The van der Waals surface area contributed by atoms with Gasteiger partial charge in [-0.1, -0.05) is 23.2 Å². The maximum absolute atomic E-state index is 12.7. The third kappa shape index (κ3) is 3.83. The number of nitrogens with one attached hydrogen (secondary N) is 1. The first kappa shape index (κ1) is 15.5. The van der Waals surface area contributed by atoms with E-state index in [1.807, 2.05) is 0 Å². The van der Waals surface area contributed by atoms with Crippen molar-refractivity contribution in [1.82, 2.24) is 9.97 Å². The molecule has 0 atom stereocenters. The molecule has 0 saturated carbocycles. The molecule has 0 aliphatic carbocycles. The maximum Gasteiger partial charge on any atom is 0.417 e. The van der Waals surface area contributed by atoms with Crippen molar-refractivity contribution in [2.75, 3.05) is 5.32 Å². The standard InChI is InChI=1S/C12H6Cl2F3N3O/c13-8-2-1-6(3-7(8)12(15,16)17)19-11(21)9-4-18-5-10(14)20-9/h1-5H,(H,19,21). The largest absolute Gasteiger partial charge is 0.417 e. The third-order valence-corrected chi connectivity index (χ3v) is 2.88. The Morgan fingerprint density at radius 3 is 2.52 bits per heavy atom. The van der Waals surface area contributed by atoms with E-state index in [1.54, 1.807) is 0 Å². The highest BCUT2D eigenvalue weighted by molar-refractivity contribution is 6.31. The van der Waals surface area contributed by atoms with Crippen LogP contribution in [0.2, 0.25) is 10.2 Å². The summed E-state index contributed by atoms with van der Waals surface area (Å²) in [4.78, 5) is 19.2. The third-order valence-electron chi connectivity index (χ3n) is 2.37. The summed E-state index contributed by atoms with van der Waals surface area (Å²) in [5.41, 5.74) is -1.23. The van der Waals surface area contributed by atoms with Gasteiger partial charge in [-0.15, -0.1) is 0 Å². The van der Waals surface area contributed by atoms with E-state index in [9.17, 15) is 18.0 Å². The lowest BCUT2D eigenvalue weighted by molar-refractivity contribution is -0.137. The van der Waals surface area contributed by atoms with Crippen molar-refractivity contribution in [2.45, 2.75) is 6.18 Å². The lowest BCUT2D eigenvalue weighted by Gasteiger charge is -2.11. The molecule has 0 unspecified atom stereocenters. The van der Waals surface area contributed by atoms with Gasteiger partial charge >= 0.3 is 6.18 Å². The number of halogens is 5. The first-order chi connectivity index (χ1) is 9.77. The second-order valence-corrected chi connectivity index (χ2v) is 4.67. The number of anilines is 1. The van der Waals surface area contributed by atoms with Crippen LogP contribution in [0.3, 0.4) is 0 Å². The fraction of sp³-hybridized carbons (Fsp3) is 0.0833. The van der Waals surface area contributed by atoms with E-state index in [4.69, 9.17) is 23.2 Å². The number of benzene rings is 1. The minimum Gasteiger partial charge on any atom is -0.321 e. The fourth-order valence-corrected chi connectivity index (χ4v) is 1.84. The van der Waals surface area contributed by atoms with E-state index in [2.05, 4.69) is 15.3 Å². The first-order valence-electron chi connectivity index (χ1n) is 5.43. The summed E-state index contributed by atoms with van der Waals surface area (Å²) < 4.78 is 38.1. The van der Waals surface area contributed by atoms with Crippen LogP contribution in [0.1, 0.15) is 16.1 Å². The molecule has 4 nitrogen and oxygen atoms in total. The molecule has 21 heavy (non-hydrogen) atoms. The van der Waals surface area contributed by atoms with E-state index < -0.39 is 22.7 Å². The monoisotopic (exact) mass is 335 g/mol. The van der Waals surface area contributed by atoms with Crippen LogP contribution >= 0.6 is 23.2 Å². The van der Waals surface area contributed by atoms with Gasteiger partial charge in [0.1, 0.15) is 10.8 Å². The number of hydrogen-bond donors (Lipinski definition) is 1. The van der Waals surface area contributed by atoms with Crippen LogP contribution in [0.15, 0.2) is 30.6 Å². The van der Waals surface area contributed by atoms with Crippen LogP contribution in [0.4, 0.5) is 18.9 Å². The molecule has 2 aromatic rings. The first-order valence-corrected chi connectivity index (χ1v) is 6.18. The fourth-order valence-electron chi connectivity index (χ4n) is 1.47. The zero-order valence-corrected chi connectivity index (χ0v) is 11.6. The lowest BCUT2D eigenvalue weighted by atomic mass is 10.2. The second-order valence-electron chi connectivity index (χ2n) is 3.87. The summed E-state index contributed by atoms with van der Waals surface area (Å²) in [6.07, 6.45) is -2.25. The predicted molar refractivity (Wildman–Crippen MR) is 71.4 cm³/mol. The zero-order valence-electron chi connectivity index (χ0n) is 10.1. The number of carbonyl (C=O) groups excluding carboxylic acids is 1. The molecule has 1 N–H and O–H groups in total. The van der Waals surface area contributed by atoms with Crippen molar-refractivity contribution in [3.8, 4) is 0 Å². The molecule has 1 heterocycles. The molecule has 110 valence electrons. The topological polar surface area (TPSA) is 54.9 Å². The number of alkyl halides is 3. The Kier molecular flexibility index (Phi) is 4.34. The Balaban J connectivity index is 2.26. The van der Waals surface area contributed by atoms with E-state index in [0.29, 0.717) is 0 Å². The van der Waals surface area contributed by atoms with Crippen molar-refractivity contribution < 1.29 is 18.0 Å². The van der Waals surface area contributed by atoms with Gasteiger partial charge in [0.05, 0.1) is 23.0 Å². The van der Waals surface area contributed by atoms with E-state index in [1.165, 1.54) is 12.3 Å². The average molecular weight is 336 g/mol. The molecular weight excluding hydrogens is 330 g/mol. The van der Waals surface area contributed by atoms with Gasteiger partial charge in [0.25, 0.3) is 5.91 Å². The lowest BCUT2D eigenvalue weighted by Crippen LogP contribution is -2.15. The average Bonchev–Trinajstić information content (AvgIpc) is 2.39. The quantitative estimate of drug-likeness (QED) is 0.900. The highest BCUT2D eigenvalue weighted by Gasteiger charge is 2.33. The summed E-state index contributed by atoms with van der Waals surface area (Å²) in [6.45, 7) is 0. The number of aromatic nitrogens is 2. The minimum absolute atomic E-state index is 0.00487. The molecule has 0 aliphatic heterocycles. The van der Waals surface area contributed by atoms with Crippen molar-refractivity contribution in [3.63, 3.8) is 0 Å². The van der Waals surface area contributed by atoms with E-state index in [-0.39, 0.29) is 16.5 Å². The molecule has 2 rings (SSSR count). The van der Waals surface area contributed by atoms with Gasteiger partial charge in [-0.05, 0) is 18.2 Å². The number of carbonyl (C=O) groups is 1. The number of hydrogen-bond acceptors (Lipinski definition) is 3. The maximum atomic E-state index is 12.7. The Bertz CT molecular complexity index is 692. The van der Waals surface area contributed by atoms with Crippen molar-refractivity contribution >= 4 is 34.8 Å². The molecule has 0 aliphatic rings. The van der Waals surface area contributed by atoms with Gasteiger partial charge < -0.3 is 5.32 Å². The van der Waals surface area contributed by atoms with Gasteiger partial charge in [0.15, 0.2) is 0 Å². The summed E-state index contributed by atoms with van der Waals surface area (Å²) in [5.74, 6) is -0.736. The molecule has 0 saturated heterocycles. The smallest absolute Gasteiger partial charge is 0.321 e. The van der Waals surface area contributed by atoms with Crippen molar-refractivity contribution in [1.29, 1.82) is 0 Å². The molecule has 0 fully saturated rings. The van der Waals surface area contributed by atoms with Crippen LogP contribution < -0.4 is 5.32 Å². The molecule has 1 aromatic carbocycles. The summed E-state index contributed by atoms with van der Waals surface area (Å²) in [5, 5.41) is 1.81. The molecule has 0 radical (unpaired) electrons. The Morgan fingerprint density at radius 2 is 1.90 bits per heavy atom. The highest BCUT2D eigenvalue weighted by Crippen LogP contribution is 2.36. The molecular formula is C12H6Cl2F3N3O. The van der Waals surface area contributed by atoms with Gasteiger partial charge in [-0.3, -0.25) is 9.78 Å². The van der Waals surface area contributed by atoms with Crippen molar-refractivity contribution in [3.05, 3.63) is 52.0 Å². The Morgan fingerprint density at radius 1 is 1.19 bits per heavy atom. The molecule has 1 amide bonds. The Labute approximate surface area is 126 Å². The van der Waals surface area contributed by atoms with E-state index >= 15 is 0 Å². The molecule has 0 bridgehead atoms. The highest BCUT2D eigenvalue weighted by atomic mass is 35.5. The van der Waals surface area contributed by atoms with Gasteiger partial charge in [0, 0.05) is 5.69 Å². The Hall–Kier alpha value is -1.86. The van der Waals surface area contributed by atoms with Crippen LogP contribution in [0.25, 0.3) is 0 Å². The van der Waals surface area contributed by atoms with Gasteiger partial charge in [-0.25, -0.2) is 4.98 Å². The van der Waals surface area contributed by atoms with Crippen LogP contribution in [-0.4, -0.2) is 15.9 Å². The zero-order chi connectivity index (χ0) is 15.6. The van der Waals surface area contributed by atoms with Crippen LogP contribution in [0, 0.1) is 0 Å². The minimum atomic E-state index is -4.62. The predicted octanol–water partition coefficient (Wildman–Crippen LogP) is 4.05. The number of amides is 1. The van der Waals surface area contributed by atoms with Crippen molar-refractivity contribution in [2.24, 2.45) is 0 Å². The van der Waals surface area contributed by atoms with E-state index in [0.717, 1.165) is 18.3 Å². The number of nitrogens with zero attached hydrogens (tertiary/aromatic N) is 2. The van der Waals surface area contributed by atoms with Gasteiger partial charge in [-0.2, -0.15) is 13.2 Å². The molecule has 0 spiro atoms. The van der Waals surface area contributed by atoms with Crippen LogP contribution in [-0.2, 0) is 6.18 Å². The van der Waals surface area contributed by atoms with Crippen LogP contribution in [0.5, 0.6) is 0 Å². The summed E-state index contributed by atoms with van der Waals surface area (Å²) >= 11 is 11.1. The normalized spacial score (nSPS) is 11.3. The number of rotatable bonds is 2. The van der Waals surface area contributed by atoms with Gasteiger partial charge in [0.2, 0.25) is 0 Å². The SMILES string of the molecule is O=C(Nc1ccc(Cl)c(C(F)(F)F)c1)c1cncc(Cl)n1. The summed E-state index contributed by atoms with van der Waals surface area (Å²) in [7, 11) is 0.